The van der Waals surface area contributed by atoms with Crippen molar-refractivity contribution >= 4 is 5.91 Å². The molecule has 3 rings (SSSR count). The number of ether oxygens (including phenoxy) is 2. The number of hydrogen-bond acceptors (Lipinski definition) is 4. The Balaban J connectivity index is 1.98. The fraction of sp³-hybridized carbons (Fsp3) is 0.458. The summed E-state index contributed by atoms with van der Waals surface area (Å²) in [7, 11) is 3.33. The van der Waals surface area contributed by atoms with Crippen molar-refractivity contribution in [3.63, 3.8) is 0 Å². The van der Waals surface area contributed by atoms with Gasteiger partial charge in [-0.05, 0) is 49.1 Å². The van der Waals surface area contributed by atoms with Crippen LogP contribution >= 0.6 is 0 Å². The zero-order chi connectivity index (χ0) is 21.0. The van der Waals surface area contributed by atoms with Gasteiger partial charge < -0.3 is 14.8 Å². The van der Waals surface area contributed by atoms with Gasteiger partial charge in [0.05, 0.1) is 20.3 Å². The van der Waals surface area contributed by atoms with Gasteiger partial charge in [-0.25, -0.2) is 0 Å². The van der Waals surface area contributed by atoms with Crippen molar-refractivity contribution < 1.29 is 14.3 Å². The highest BCUT2D eigenvalue weighted by molar-refractivity contribution is 5.76. The molecule has 0 spiro atoms. The average molecular weight is 397 g/mol. The lowest BCUT2D eigenvalue weighted by atomic mass is 9.87. The Morgan fingerprint density at radius 3 is 2.45 bits per heavy atom. The second-order valence-corrected chi connectivity index (χ2v) is 7.77. The van der Waals surface area contributed by atoms with E-state index in [9.17, 15) is 4.79 Å². The second-order valence-electron chi connectivity index (χ2n) is 7.77. The molecule has 5 heteroatoms. The van der Waals surface area contributed by atoms with E-state index in [4.69, 9.17) is 9.47 Å². The molecule has 2 aromatic rings. The van der Waals surface area contributed by atoms with Gasteiger partial charge in [0.15, 0.2) is 11.5 Å². The quantitative estimate of drug-likeness (QED) is 0.768. The molecule has 2 atom stereocenters. The molecule has 0 saturated heterocycles. The van der Waals surface area contributed by atoms with Crippen molar-refractivity contribution in [1.82, 2.24) is 10.2 Å². The standard InChI is InChI=1S/C24H32N2O3/c1-6-23(27)25-17(3)24-20-14-22(29-5)21(28-4)13-19(20)11-12-26(24)15-18-9-7-16(2)8-10-18/h7-10,13-14,17,24H,6,11-12,15H2,1-5H3,(H,25,27). The summed E-state index contributed by atoms with van der Waals surface area (Å²) in [6.07, 6.45) is 1.42. The third-order valence-electron chi connectivity index (χ3n) is 5.72. The van der Waals surface area contributed by atoms with E-state index in [1.807, 2.05) is 6.92 Å². The largest absolute Gasteiger partial charge is 0.493 e. The van der Waals surface area contributed by atoms with Crippen molar-refractivity contribution in [2.45, 2.75) is 52.2 Å². The molecule has 2 aromatic carbocycles. The maximum atomic E-state index is 12.1. The maximum absolute atomic E-state index is 12.1. The van der Waals surface area contributed by atoms with E-state index < -0.39 is 0 Å². The minimum atomic E-state index is -0.0231. The van der Waals surface area contributed by atoms with E-state index in [1.165, 1.54) is 22.3 Å². The van der Waals surface area contributed by atoms with Crippen LogP contribution in [0.25, 0.3) is 0 Å². The third-order valence-corrected chi connectivity index (χ3v) is 5.72. The minimum Gasteiger partial charge on any atom is -0.493 e. The molecule has 0 bridgehead atoms. The van der Waals surface area contributed by atoms with Gasteiger partial charge in [-0.3, -0.25) is 9.69 Å². The molecule has 0 fully saturated rings. The zero-order valence-electron chi connectivity index (χ0n) is 18.1. The van der Waals surface area contributed by atoms with Crippen molar-refractivity contribution in [3.8, 4) is 11.5 Å². The number of nitrogens with one attached hydrogen (secondary N) is 1. The number of nitrogens with zero attached hydrogens (tertiary/aromatic N) is 1. The zero-order valence-corrected chi connectivity index (χ0v) is 18.1. The van der Waals surface area contributed by atoms with E-state index in [0.29, 0.717) is 6.42 Å². The second kappa shape index (κ2) is 9.31. The summed E-state index contributed by atoms with van der Waals surface area (Å²) in [6.45, 7) is 7.84. The number of amides is 1. The van der Waals surface area contributed by atoms with Crippen LogP contribution in [-0.4, -0.2) is 37.6 Å². The normalized spacial score (nSPS) is 17.3. The number of carbonyl (C=O) groups excluding carboxylic acids is 1. The molecule has 1 aliphatic heterocycles. The number of fused-ring (bicyclic) bond motifs is 1. The van der Waals surface area contributed by atoms with Crippen LogP contribution in [0.4, 0.5) is 0 Å². The Morgan fingerprint density at radius 2 is 1.83 bits per heavy atom. The lowest BCUT2D eigenvalue weighted by Crippen LogP contribution is -2.47. The van der Waals surface area contributed by atoms with Gasteiger partial charge in [-0.2, -0.15) is 0 Å². The topological polar surface area (TPSA) is 50.8 Å². The first-order chi connectivity index (χ1) is 14.0. The van der Waals surface area contributed by atoms with Crippen LogP contribution in [0.3, 0.4) is 0 Å². The van der Waals surface area contributed by atoms with E-state index >= 15 is 0 Å². The Hall–Kier alpha value is -2.53. The highest BCUT2D eigenvalue weighted by Crippen LogP contribution is 2.40. The molecule has 0 radical (unpaired) electrons. The fourth-order valence-corrected chi connectivity index (χ4v) is 4.15. The Kier molecular flexibility index (Phi) is 6.80. The number of benzene rings is 2. The molecule has 0 aliphatic carbocycles. The summed E-state index contributed by atoms with van der Waals surface area (Å²) in [6, 6.07) is 12.9. The molecular formula is C24H32N2O3. The predicted molar refractivity (Wildman–Crippen MR) is 115 cm³/mol. The van der Waals surface area contributed by atoms with Crippen molar-refractivity contribution in [3.05, 3.63) is 58.7 Å². The fourth-order valence-electron chi connectivity index (χ4n) is 4.15. The van der Waals surface area contributed by atoms with Crippen LogP contribution in [0.1, 0.15) is 48.6 Å². The third kappa shape index (κ3) is 4.73. The summed E-state index contributed by atoms with van der Waals surface area (Å²) < 4.78 is 11.1. The number of carbonyl (C=O) groups is 1. The molecule has 156 valence electrons. The van der Waals surface area contributed by atoms with Gasteiger partial charge in [0, 0.05) is 25.6 Å². The van der Waals surface area contributed by atoms with Crippen LogP contribution in [0.2, 0.25) is 0 Å². The van der Waals surface area contributed by atoms with Crippen LogP contribution in [-0.2, 0) is 17.8 Å². The summed E-state index contributed by atoms with van der Waals surface area (Å²) in [5, 5.41) is 3.18. The predicted octanol–water partition coefficient (Wildman–Crippen LogP) is 4.03. The van der Waals surface area contributed by atoms with Crippen molar-refractivity contribution in [1.29, 1.82) is 0 Å². The molecule has 0 aromatic heterocycles. The Morgan fingerprint density at radius 1 is 1.17 bits per heavy atom. The Labute approximate surface area is 174 Å². The monoisotopic (exact) mass is 396 g/mol. The SMILES string of the molecule is CCC(=O)NC(C)C1c2cc(OC)c(OC)cc2CCN1Cc1ccc(C)cc1. The van der Waals surface area contributed by atoms with Crippen molar-refractivity contribution in [2.75, 3.05) is 20.8 Å². The van der Waals surface area contributed by atoms with Crippen LogP contribution in [0, 0.1) is 6.92 Å². The van der Waals surface area contributed by atoms with Gasteiger partial charge in [0.2, 0.25) is 5.91 Å². The first-order valence-electron chi connectivity index (χ1n) is 10.3. The highest BCUT2D eigenvalue weighted by atomic mass is 16.5. The van der Waals surface area contributed by atoms with E-state index in [0.717, 1.165) is 31.0 Å². The smallest absolute Gasteiger partial charge is 0.219 e. The molecular weight excluding hydrogens is 364 g/mol. The maximum Gasteiger partial charge on any atom is 0.219 e. The van der Waals surface area contributed by atoms with E-state index in [2.05, 4.69) is 60.5 Å². The van der Waals surface area contributed by atoms with Gasteiger partial charge in [0.25, 0.3) is 0 Å². The minimum absolute atomic E-state index is 0.0231. The number of hydrogen-bond donors (Lipinski definition) is 1. The Bertz CT molecular complexity index is 848. The molecule has 5 nitrogen and oxygen atoms in total. The van der Waals surface area contributed by atoms with Gasteiger partial charge in [-0.15, -0.1) is 0 Å². The first kappa shape index (κ1) is 21.2. The molecule has 29 heavy (non-hydrogen) atoms. The molecule has 0 saturated carbocycles. The summed E-state index contributed by atoms with van der Waals surface area (Å²) in [5.74, 6) is 1.55. The number of aryl methyl sites for hydroxylation is 1. The number of rotatable bonds is 7. The lowest BCUT2D eigenvalue weighted by molar-refractivity contribution is -0.121. The molecule has 2 unspecified atom stereocenters. The van der Waals surface area contributed by atoms with Gasteiger partial charge >= 0.3 is 0 Å². The van der Waals surface area contributed by atoms with Crippen LogP contribution in [0.15, 0.2) is 36.4 Å². The molecule has 1 amide bonds. The molecule has 1 heterocycles. The van der Waals surface area contributed by atoms with Crippen LogP contribution in [0.5, 0.6) is 11.5 Å². The van der Waals surface area contributed by atoms with Gasteiger partial charge in [0.1, 0.15) is 0 Å². The average Bonchev–Trinajstić information content (AvgIpc) is 2.73. The lowest BCUT2D eigenvalue weighted by Gasteiger charge is -2.41. The summed E-state index contributed by atoms with van der Waals surface area (Å²) in [4.78, 5) is 14.6. The van der Waals surface area contributed by atoms with Crippen molar-refractivity contribution in [2.24, 2.45) is 0 Å². The van der Waals surface area contributed by atoms with Gasteiger partial charge in [-0.1, -0.05) is 36.8 Å². The highest BCUT2D eigenvalue weighted by Gasteiger charge is 2.33. The number of methoxy groups -OCH3 is 2. The molecule has 1 N–H and O–H groups in total. The summed E-state index contributed by atoms with van der Waals surface area (Å²) in [5.41, 5.74) is 4.99. The van der Waals surface area contributed by atoms with E-state index in [-0.39, 0.29) is 18.0 Å². The molecule has 1 aliphatic rings. The van der Waals surface area contributed by atoms with Crippen LogP contribution < -0.4 is 14.8 Å². The first-order valence-corrected chi connectivity index (χ1v) is 10.3. The summed E-state index contributed by atoms with van der Waals surface area (Å²) >= 11 is 0. The van der Waals surface area contributed by atoms with E-state index in [1.54, 1.807) is 14.2 Å².